The van der Waals surface area contributed by atoms with E-state index in [-0.39, 0.29) is 35.1 Å². The molecule has 3 aromatic heterocycles. The number of carbonyl (C=O) groups excluding carboxylic acids is 3. The molecule has 6 aromatic rings. The van der Waals surface area contributed by atoms with Crippen LogP contribution in [-0.2, 0) is 10.2 Å². The number of hydrogen-bond donors (Lipinski definition) is 5. The Balaban J connectivity index is 0.812. The number of anilines is 3. The molecular formula is C46H52FN11O4. The molecular weight excluding hydrogens is 790 g/mol. The number of H-pyrrole nitrogens is 1. The minimum absolute atomic E-state index is 0.0727. The lowest BCUT2D eigenvalue weighted by Gasteiger charge is -2.34. The first-order valence-corrected chi connectivity index (χ1v) is 21.1. The number of hydrogen-bond acceptors (Lipinski definition) is 11. The Labute approximate surface area is 359 Å². The third kappa shape index (κ3) is 9.29. The van der Waals surface area contributed by atoms with E-state index in [9.17, 15) is 14.4 Å². The van der Waals surface area contributed by atoms with E-state index in [2.05, 4.69) is 51.3 Å². The molecule has 5 N–H and O–H groups in total. The second-order valence-corrected chi connectivity index (χ2v) is 17.1. The largest absolute Gasteiger partial charge is 0.381 e. The first kappa shape index (κ1) is 42.0. The van der Waals surface area contributed by atoms with Crippen LogP contribution in [0.2, 0.25) is 0 Å². The van der Waals surface area contributed by atoms with Crippen LogP contribution < -0.4 is 31.1 Å². The minimum atomic E-state index is -0.437. The zero-order chi connectivity index (χ0) is 43.5. The first-order chi connectivity index (χ1) is 29.8. The quantitative estimate of drug-likeness (QED) is 0.0737. The highest BCUT2D eigenvalue weighted by atomic mass is 19.1. The maximum atomic E-state index is 15.4. The molecule has 2 aliphatic rings. The molecule has 0 bridgehead atoms. The van der Waals surface area contributed by atoms with Crippen LogP contribution in [0.3, 0.4) is 0 Å². The molecule has 5 heterocycles. The molecule has 2 fully saturated rings. The smallest absolute Gasteiger partial charge is 0.328 e. The van der Waals surface area contributed by atoms with Crippen molar-refractivity contribution in [3.8, 4) is 22.5 Å². The van der Waals surface area contributed by atoms with Crippen LogP contribution in [0.25, 0.3) is 33.5 Å². The van der Waals surface area contributed by atoms with Crippen LogP contribution in [0.15, 0.2) is 77.6 Å². The number of benzene rings is 3. The Hall–Kier alpha value is -6.68. The van der Waals surface area contributed by atoms with Crippen LogP contribution in [0.4, 0.5) is 26.2 Å². The molecule has 1 atom stereocenters. The summed E-state index contributed by atoms with van der Waals surface area (Å²) in [5, 5.41) is 16.9. The Kier molecular flexibility index (Phi) is 12.0. The van der Waals surface area contributed by atoms with Crippen LogP contribution in [0.1, 0.15) is 80.6 Å². The van der Waals surface area contributed by atoms with E-state index in [1.165, 1.54) is 12.4 Å². The summed E-state index contributed by atoms with van der Waals surface area (Å²) in [5.74, 6) is -0.0732. The standard InChI is InChI=1S/C46H52FN11O4/c1-27-22-31(6-12-34(27)28(2)52-42(60)43-55-44(56-62-43)46(3,4)5)40-35-24-38(53-41(35)51-26-50-40)30-7-13-37(36(47)23-30)49-18-17-48-25-29-14-19-57(20-15-29)32-8-10-33(11-9-32)58-21-16-39(59)54-45(58)61/h6-13,22-24,26,28-29,48-49H,14-21,25H2,1-5H3,(H,52,60)(H,50,51,53)(H,54,59,61)/t28-/m1/s1. The zero-order valence-corrected chi connectivity index (χ0v) is 35.6. The van der Waals surface area contributed by atoms with Crippen molar-refractivity contribution in [1.29, 1.82) is 0 Å². The van der Waals surface area contributed by atoms with E-state index in [0.717, 1.165) is 77.3 Å². The van der Waals surface area contributed by atoms with Crippen LogP contribution in [0, 0.1) is 18.7 Å². The number of aromatic amines is 1. The van der Waals surface area contributed by atoms with Crippen molar-refractivity contribution in [1.82, 2.24) is 41.0 Å². The summed E-state index contributed by atoms with van der Waals surface area (Å²) in [6.45, 7) is 14.2. The molecule has 62 heavy (non-hydrogen) atoms. The van der Waals surface area contributed by atoms with Crippen molar-refractivity contribution < 1.29 is 23.3 Å². The van der Waals surface area contributed by atoms with Gasteiger partial charge in [0, 0.05) is 78.1 Å². The van der Waals surface area contributed by atoms with Crippen molar-refractivity contribution in [3.05, 3.63) is 102 Å². The molecule has 2 aliphatic heterocycles. The van der Waals surface area contributed by atoms with Crippen LogP contribution in [0.5, 0.6) is 0 Å². The van der Waals surface area contributed by atoms with Gasteiger partial charge in [-0.2, -0.15) is 4.98 Å². The predicted octanol–water partition coefficient (Wildman–Crippen LogP) is 7.28. The lowest BCUT2D eigenvalue weighted by molar-refractivity contribution is -0.120. The third-order valence-corrected chi connectivity index (χ3v) is 11.6. The summed E-state index contributed by atoms with van der Waals surface area (Å²) >= 11 is 0. The highest BCUT2D eigenvalue weighted by molar-refractivity contribution is 6.05. The van der Waals surface area contributed by atoms with Gasteiger partial charge in [0.2, 0.25) is 5.91 Å². The molecule has 15 nitrogen and oxygen atoms in total. The van der Waals surface area contributed by atoms with Crippen molar-refractivity contribution in [2.75, 3.05) is 54.4 Å². The number of fused-ring (bicyclic) bond motifs is 1. The summed E-state index contributed by atoms with van der Waals surface area (Å²) in [7, 11) is 0. The van der Waals surface area contributed by atoms with E-state index in [1.807, 2.05) is 89.2 Å². The molecule has 2 saturated heterocycles. The fourth-order valence-corrected chi connectivity index (χ4v) is 8.06. The lowest BCUT2D eigenvalue weighted by Crippen LogP contribution is -2.49. The van der Waals surface area contributed by atoms with Crippen molar-refractivity contribution in [2.24, 2.45) is 5.92 Å². The van der Waals surface area contributed by atoms with Crippen molar-refractivity contribution in [2.45, 2.75) is 65.3 Å². The number of nitrogens with one attached hydrogen (secondary N) is 5. The SMILES string of the molecule is Cc1cc(-c2ncnc3[nH]c(-c4ccc(NCCNCC5CCN(c6ccc(N7CCC(=O)NC7=O)cc6)CC5)c(F)c4)cc23)ccc1[C@@H](C)NC(=O)c1nc(C(C)(C)C)no1. The molecule has 4 amide bonds. The van der Waals surface area contributed by atoms with Gasteiger partial charge in [-0.25, -0.2) is 19.2 Å². The summed E-state index contributed by atoms with van der Waals surface area (Å²) in [6, 6.07) is 20.3. The van der Waals surface area contributed by atoms with Gasteiger partial charge >= 0.3 is 17.8 Å². The number of piperidine rings is 1. The number of imide groups is 1. The minimum Gasteiger partial charge on any atom is -0.381 e. The number of nitrogens with zero attached hydrogens (tertiary/aromatic N) is 6. The van der Waals surface area contributed by atoms with Gasteiger partial charge in [-0.15, -0.1) is 0 Å². The second kappa shape index (κ2) is 17.7. The normalized spacial score (nSPS) is 15.5. The molecule has 322 valence electrons. The molecule has 8 rings (SSSR count). The van der Waals surface area contributed by atoms with Crippen molar-refractivity contribution >= 4 is 45.9 Å². The second-order valence-electron chi connectivity index (χ2n) is 17.1. The Morgan fingerprint density at radius 2 is 1.71 bits per heavy atom. The fourth-order valence-electron chi connectivity index (χ4n) is 8.06. The van der Waals surface area contributed by atoms with Gasteiger partial charge in [0.1, 0.15) is 17.8 Å². The summed E-state index contributed by atoms with van der Waals surface area (Å²) in [6.07, 6.45) is 3.93. The number of aromatic nitrogens is 5. The summed E-state index contributed by atoms with van der Waals surface area (Å²) in [5.41, 5.74) is 7.58. The molecule has 0 aliphatic carbocycles. The van der Waals surface area contributed by atoms with Gasteiger partial charge in [0.05, 0.1) is 17.4 Å². The van der Waals surface area contributed by atoms with E-state index in [0.29, 0.717) is 54.7 Å². The van der Waals surface area contributed by atoms with Gasteiger partial charge in [0.25, 0.3) is 0 Å². The van der Waals surface area contributed by atoms with Gasteiger partial charge in [-0.05, 0) is 98.8 Å². The van der Waals surface area contributed by atoms with Gasteiger partial charge < -0.3 is 30.4 Å². The molecule has 0 unspecified atom stereocenters. The predicted molar refractivity (Wildman–Crippen MR) is 237 cm³/mol. The number of rotatable bonds is 13. The molecule has 3 aromatic carbocycles. The number of aryl methyl sites for hydroxylation is 1. The zero-order valence-electron chi connectivity index (χ0n) is 35.6. The third-order valence-electron chi connectivity index (χ3n) is 11.6. The summed E-state index contributed by atoms with van der Waals surface area (Å²) in [4.78, 5) is 57.2. The van der Waals surface area contributed by atoms with Crippen molar-refractivity contribution in [3.63, 3.8) is 0 Å². The molecule has 0 saturated carbocycles. The fraction of sp³-hybridized carbons (Fsp3) is 0.370. The van der Waals surface area contributed by atoms with Crippen LogP contribution >= 0.6 is 0 Å². The van der Waals surface area contributed by atoms with Gasteiger partial charge in [-0.1, -0.05) is 44.1 Å². The Bertz CT molecular complexity index is 2590. The number of halogens is 1. The summed E-state index contributed by atoms with van der Waals surface area (Å²) < 4.78 is 20.7. The molecule has 0 spiro atoms. The number of urea groups is 1. The van der Waals surface area contributed by atoms with E-state index in [1.54, 1.807) is 11.0 Å². The van der Waals surface area contributed by atoms with E-state index < -0.39 is 5.91 Å². The maximum Gasteiger partial charge on any atom is 0.328 e. The van der Waals surface area contributed by atoms with E-state index >= 15 is 4.39 Å². The van der Waals surface area contributed by atoms with Gasteiger partial charge in [0.15, 0.2) is 5.82 Å². The molecule has 0 radical (unpaired) electrons. The average molecular weight is 842 g/mol. The first-order valence-electron chi connectivity index (χ1n) is 21.1. The molecule has 16 heteroatoms. The van der Waals surface area contributed by atoms with Gasteiger partial charge in [-0.3, -0.25) is 19.8 Å². The highest BCUT2D eigenvalue weighted by Gasteiger charge is 2.27. The Morgan fingerprint density at radius 1 is 0.952 bits per heavy atom. The van der Waals surface area contributed by atoms with E-state index in [4.69, 9.17) is 4.52 Å². The topological polar surface area (TPSA) is 186 Å². The highest BCUT2D eigenvalue weighted by Crippen LogP contribution is 2.33. The monoisotopic (exact) mass is 841 g/mol. The van der Waals surface area contributed by atoms with Crippen LogP contribution in [-0.4, -0.2) is 82.2 Å². The number of carbonyl (C=O) groups is 3. The average Bonchev–Trinajstić information content (AvgIpc) is 3.94. The Morgan fingerprint density at radius 3 is 2.42 bits per heavy atom. The number of amides is 4. The maximum absolute atomic E-state index is 15.4. The lowest BCUT2D eigenvalue weighted by atomic mass is 9.96.